The number of amides is 3. The molecule has 0 aliphatic carbocycles. The van der Waals surface area contributed by atoms with E-state index in [-0.39, 0.29) is 17.9 Å². The first-order chi connectivity index (χ1) is 13.0. The van der Waals surface area contributed by atoms with Crippen LogP contribution in [0.25, 0.3) is 0 Å². The van der Waals surface area contributed by atoms with Crippen molar-refractivity contribution in [3.8, 4) is 0 Å². The summed E-state index contributed by atoms with van der Waals surface area (Å²) in [6.07, 6.45) is 1.62. The summed E-state index contributed by atoms with van der Waals surface area (Å²) in [6.45, 7) is 5.34. The number of rotatable bonds is 4. The molecule has 2 aromatic carbocycles. The van der Waals surface area contributed by atoms with Crippen LogP contribution in [-0.2, 0) is 4.79 Å². The van der Waals surface area contributed by atoms with Crippen molar-refractivity contribution in [2.75, 3.05) is 23.7 Å². The Hall–Kier alpha value is -2.82. The zero-order valence-corrected chi connectivity index (χ0v) is 15.9. The number of urea groups is 1. The van der Waals surface area contributed by atoms with Crippen molar-refractivity contribution in [1.82, 2.24) is 4.90 Å². The molecule has 3 rings (SSSR count). The largest absolute Gasteiger partial charge is 0.326 e. The van der Waals surface area contributed by atoms with E-state index in [2.05, 4.69) is 24.5 Å². The van der Waals surface area contributed by atoms with E-state index in [1.165, 1.54) is 0 Å². The molecular formula is C22H27N3O2. The lowest BCUT2D eigenvalue weighted by Crippen LogP contribution is -2.45. The van der Waals surface area contributed by atoms with E-state index in [9.17, 15) is 9.59 Å². The molecule has 1 saturated heterocycles. The monoisotopic (exact) mass is 365 g/mol. The van der Waals surface area contributed by atoms with Gasteiger partial charge in [-0.15, -0.1) is 0 Å². The first-order valence-corrected chi connectivity index (χ1v) is 9.55. The Balaban J connectivity index is 1.62. The number of nitrogens with one attached hydrogen (secondary N) is 2. The van der Waals surface area contributed by atoms with Crippen molar-refractivity contribution in [2.45, 2.75) is 32.6 Å². The highest BCUT2D eigenvalue weighted by Crippen LogP contribution is 2.25. The van der Waals surface area contributed by atoms with Crippen LogP contribution in [0.3, 0.4) is 0 Å². The van der Waals surface area contributed by atoms with E-state index in [0.29, 0.717) is 19.0 Å². The number of anilines is 2. The molecule has 1 atom stereocenters. The maximum absolute atomic E-state index is 12.8. The summed E-state index contributed by atoms with van der Waals surface area (Å²) in [5.41, 5.74) is 2.75. The van der Waals surface area contributed by atoms with Crippen LogP contribution in [0, 0.1) is 5.92 Å². The molecule has 5 heteroatoms. The third-order valence-electron chi connectivity index (χ3n) is 4.95. The van der Waals surface area contributed by atoms with Gasteiger partial charge in [0.05, 0.1) is 5.92 Å². The van der Waals surface area contributed by atoms with Crippen molar-refractivity contribution < 1.29 is 9.59 Å². The van der Waals surface area contributed by atoms with Crippen LogP contribution in [0.4, 0.5) is 16.2 Å². The summed E-state index contributed by atoms with van der Waals surface area (Å²) in [6, 6.07) is 17.1. The Morgan fingerprint density at radius 2 is 1.70 bits per heavy atom. The summed E-state index contributed by atoms with van der Waals surface area (Å²) in [4.78, 5) is 27.1. The summed E-state index contributed by atoms with van der Waals surface area (Å²) in [5.74, 6) is 0.127. The molecule has 3 amide bonds. The molecule has 0 spiro atoms. The summed E-state index contributed by atoms with van der Waals surface area (Å²) >= 11 is 0. The second-order valence-electron chi connectivity index (χ2n) is 7.31. The minimum absolute atomic E-state index is 0.0136. The zero-order chi connectivity index (χ0) is 19.2. The van der Waals surface area contributed by atoms with Gasteiger partial charge in [-0.25, -0.2) is 4.79 Å². The minimum Gasteiger partial charge on any atom is -0.326 e. The number of benzene rings is 2. The van der Waals surface area contributed by atoms with E-state index >= 15 is 0 Å². The van der Waals surface area contributed by atoms with Crippen LogP contribution < -0.4 is 10.6 Å². The predicted molar refractivity (Wildman–Crippen MR) is 109 cm³/mol. The Labute approximate surface area is 160 Å². The van der Waals surface area contributed by atoms with Gasteiger partial charge in [0, 0.05) is 24.5 Å². The average Bonchev–Trinajstić information content (AvgIpc) is 2.69. The summed E-state index contributed by atoms with van der Waals surface area (Å²) < 4.78 is 0. The smallest absolute Gasteiger partial charge is 0.321 e. The maximum atomic E-state index is 12.8. The van der Waals surface area contributed by atoms with E-state index in [1.807, 2.05) is 54.6 Å². The van der Waals surface area contributed by atoms with Gasteiger partial charge >= 0.3 is 6.03 Å². The van der Waals surface area contributed by atoms with E-state index in [4.69, 9.17) is 0 Å². The molecule has 1 fully saturated rings. The van der Waals surface area contributed by atoms with Gasteiger partial charge in [-0.3, -0.25) is 4.79 Å². The number of hydrogen-bond donors (Lipinski definition) is 2. The Kier molecular flexibility index (Phi) is 6.12. The van der Waals surface area contributed by atoms with Crippen LogP contribution in [-0.4, -0.2) is 29.9 Å². The van der Waals surface area contributed by atoms with Crippen molar-refractivity contribution in [1.29, 1.82) is 0 Å². The quantitative estimate of drug-likeness (QED) is 0.825. The number of carbonyl (C=O) groups is 2. The van der Waals surface area contributed by atoms with Crippen LogP contribution in [0.15, 0.2) is 54.6 Å². The van der Waals surface area contributed by atoms with E-state index in [0.717, 1.165) is 29.8 Å². The third-order valence-corrected chi connectivity index (χ3v) is 4.95. The highest BCUT2D eigenvalue weighted by molar-refractivity contribution is 5.94. The lowest BCUT2D eigenvalue weighted by Gasteiger charge is -2.32. The number of piperidine rings is 1. The molecule has 2 aromatic rings. The number of likely N-dealkylation sites (tertiary alicyclic amines) is 1. The van der Waals surface area contributed by atoms with Crippen LogP contribution in [0.1, 0.15) is 38.2 Å². The molecule has 1 aliphatic rings. The topological polar surface area (TPSA) is 61.4 Å². The molecule has 2 N–H and O–H groups in total. The second kappa shape index (κ2) is 8.71. The van der Waals surface area contributed by atoms with Gasteiger partial charge in [-0.2, -0.15) is 0 Å². The minimum atomic E-state index is -0.194. The molecule has 1 heterocycles. The Morgan fingerprint density at radius 3 is 2.44 bits per heavy atom. The fourth-order valence-corrected chi connectivity index (χ4v) is 3.45. The molecule has 27 heavy (non-hydrogen) atoms. The van der Waals surface area contributed by atoms with Gasteiger partial charge in [0.1, 0.15) is 0 Å². The molecule has 5 nitrogen and oxygen atoms in total. The Morgan fingerprint density at radius 1 is 1.00 bits per heavy atom. The van der Waals surface area contributed by atoms with Crippen molar-refractivity contribution >= 4 is 23.3 Å². The van der Waals surface area contributed by atoms with Crippen molar-refractivity contribution in [3.05, 3.63) is 60.2 Å². The molecule has 0 bridgehead atoms. The lowest BCUT2D eigenvalue weighted by molar-refractivity contribution is -0.121. The normalized spacial score (nSPS) is 16.9. The highest BCUT2D eigenvalue weighted by atomic mass is 16.2. The highest BCUT2D eigenvalue weighted by Gasteiger charge is 2.29. The fraction of sp³-hybridized carbons (Fsp3) is 0.364. The third kappa shape index (κ3) is 4.88. The van der Waals surface area contributed by atoms with Gasteiger partial charge in [-0.05, 0) is 42.5 Å². The molecular weight excluding hydrogens is 338 g/mol. The zero-order valence-electron chi connectivity index (χ0n) is 15.9. The lowest BCUT2D eigenvalue weighted by atomic mass is 9.96. The molecule has 1 aliphatic heterocycles. The van der Waals surface area contributed by atoms with E-state index in [1.54, 1.807) is 4.90 Å². The van der Waals surface area contributed by atoms with Gasteiger partial charge in [0.15, 0.2) is 0 Å². The van der Waals surface area contributed by atoms with E-state index < -0.39 is 0 Å². The molecule has 0 aromatic heterocycles. The first-order valence-electron chi connectivity index (χ1n) is 9.55. The number of para-hydroxylation sites is 2. The molecule has 0 unspecified atom stereocenters. The second-order valence-corrected chi connectivity index (χ2v) is 7.31. The standard InChI is InChI=1S/C22H27N3O2/c1-16(2)19-12-6-7-13-20(19)24-21(26)17-9-8-14-25(15-17)22(27)23-18-10-4-3-5-11-18/h3-7,10-13,16-17H,8-9,14-15H2,1-2H3,(H,23,27)(H,24,26)/t17-/m1/s1. The average molecular weight is 365 g/mol. The Bertz CT molecular complexity index is 789. The number of hydrogen-bond acceptors (Lipinski definition) is 2. The maximum Gasteiger partial charge on any atom is 0.321 e. The van der Waals surface area contributed by atoms with Gasteiger partial charge < -0.3 is 15.5 Å². The molecule has 0 radical (unpaired) electrons. The number of carbonyl (C=O) groups excluding carboxylic acids is 2. The SMILES string of the molecule is CC(C)c1ccccc1NC(=O)[C@@H]1CCCN(C(=O)Nc2ccccc2)C1. The van der Waals surface area contributed by atoms with Crippen LogP contribution >= 0.6 is 0 Å². The number of nitrogens with zero attached hydrogens (tertiary/aromatic N) is 1. The predicted octanol–water partition coefficient (Wildman–Crippen LogP) is 4.69. The fourth-order valence-electron chi connectivity index (χ4n) is 3.45. The van der Waals surface area contributed by atoms with Gasteiger partial charge in [0.2, 0.25) is 5.91 Å². The summed E-state index contributed by atoms with van der Waals surface area (Å²) in [7, 11) is 0. The van der Waals surface area contributed by atoms with Gasteiger partial charge in [0.25, 0.3) is 0 Å². The molecule has 0 saturated carbocycles. The van der Waals surface area contributed by atoms with Crippen molar-refractivity contribution in [2.24, 2.45) is 5.92 Å². The van der Waals surface area contributed by atoms with Crippen LogP contribution in [0.2, 0.25) is 0 Å². The van der Waals surface area contributed by atoms with Crippen molar-refractivity contribution in [3.63, 3.8) is 0 Å². The molecule has 142 valence electrons. The first kappa shape index (κ1) is 19.0. The summed E-state index contributed by atoms with van der Waals surface area (Å²) in [5, 5.41) is 5.97. The van der Waals surface area contributed by atoms with Crippen LogP contribution in [0.5, 0.6) is 0 Å². The van der Waals surface area contributed by atoms with Gasteiger partial charge in [-0.1, -0.05) is 50.2 Å².